The lowest BCUT2D eigenvalue weighted by Gasteiger charge is -2.32. The second kappa shape index (κ2) is 8.71. The molecule has 3 aromatic rings. The number of fused-ring (bicyclic) bond motifs is 3. The van der Waals surface area contributed by atoms with Crippen molar-refractivity contribution in [1.29, 1.82) is 0 Å². The first-order valence-electron chi connectivity index (χ1n) is 10.5. The highest BCUT2D eigenvalue weighted by Gasteiger charge is 2.37. The summed E-state index contributed by atoms with van der Waals surface area (Å²) >= 11 is 0. The molecule has 2 heterocycles. The van der Waals surface area contributed by atoms with Gasteiger partial charge in [0, 0.05) is 11.3 Å². The second-order valence-electron chi connectivity index (χ2n) is 7.27. The molecule has 1 N–H and O–H groups in total. The number of hydrogen-bond acceptors (Lipinski definition) is 6. The van der Waals surface area contributed by atoms with E-state index in [9.17, 15) is 4.79 Å². The van der Waals surface area contributed by atoms with Gasteiger partial charge in [-0.25, -0.2) is 9.78 Å². The molecule has 0 radical (unpaired) electrons. The van der Waals surface area contributed by atoms with E-state index in [4.69, 9.17) is 19.2 Å². The van der Waals surface area contributed by atoms with Crippen LogP contribution in [0.2, 0.25) is 0 Å². The highest BCUT2D eigenvalue weighted by atomic mass is 16.5. The second-order valence-corrected chi connectivity index (χ2v) is 7.27. The highest BCUT2D eigenvalue weighted by molar-refractivity contribution is 5.94. The van der Waals surface area contributed by atoms with Crippen molar-refractivity contribution in [2.24, 2.45) is 0 Å². The zero-order chi connectivity index (χ0) is 22.0. The summed E-state index contributed by atoms with van der Waals surface area (Å²) in [6, 6.07) is 13.1. The molecular formula is C24H27N3O4. The van der Waals surface area contributed by atoms with E-state index in [1.807, 2.05) is 54.0 Å². The number of nitrogens with one attached hydrogen (secondary N) is 1. The molecule has 0 bridgehead atoms. The van der Waals surface area contributed by atoms with E-state index in [0.29, 0.717) is 36.0 Å². The lowest BCUT2D eigenvalue weighted by Crippen LogP contribution is -2.30. The number of aromatic nitrogens is 2. The first kappa shape index (κ1) is 20.8. The number of carbonyl (C=O) groups excluding carboxylic acids is 1. The highest BCUT2D eigenvalue weighted by Crippen LogP contribution is 2.45. The van der Waals surface area contributed by atoms with Gasteiger partial charge < -0.3 is 19.5 Å². The molecule has 0 amide bonds. The number of imidazole rings is 1. The fraction of sp³-hybridized carbons (Fsp3) is 0.333. The zero-order valence-corrected chi connectivity index (χ0v) is 18.3. The first-order valence-corrected chi connectivity index (χ1v) is 10.5. The maximum absolute atomic E-state index is 13.3. The van der Waals surface area contributed by atoms with Gasteiger partial charge in [-0.15, -0.1) is 0 Å². The molecule has 0 saturated carbocycles. The normalized spacial score (nSPS) is 15.4. The third kappa shape index (κ3) is 3.50. The Morgan fingerprint density at radius 2 is 1.90 bits per heavy atom. The van der Waals surface area contributed by atoms with Crippen molar-refractivity contribution < 1.29 is 19.0 Å². The van der Waals surface area contributed by atoms with Crippen molar-refractivity contribution in [3.8, 4) is 11.5 Å². The number of hydrogen-bond donors (Lipinski definition) is 1. The Kier molecular flexibility index (Phi) is 5.84. The quantitative estimate of drug-likeness (QED) is 0.558. The molecule has 0 unspecified atom stereocenters. The Morgan fingerprint density at radius 3 is 2.61 bits per heavy atom. The predicted molar refractivity (Wildman–Crippen MR) is 120 cm³/mol. The minimum absolute atomic E-state index is 0.293. The topological polar surface area (TPSA) is 74.6 Å². The van der Waals surface area contributed by atoms with Crippen LogP contribution in [0.4, 0.5) is 5.95 Å². The molecular weight excluding hydrogens is 394 g/mol. The van der Waals surface area contributed by atoms with Gasteiger partial charge in [-0.1, -0.05) is 37.6 Å². The molecule has 0 spiro atoms. The minimum Gasteiger partial charge on any atom is -0.493 e. The van der Waals surface area contributed by atoms with Gasteiger partial charge in [-0.3, -0.25) is 4.57 Å². The Hall–Kier alpha value is -3.48. The smallest absolute Gasteiger partial charge is 0.338 e. The molecule has 162 valence electrons. The van der Waals surface area contributed by atoms with Crippen molar-refractivity contribution in [3.05, 3.63) is 59.3 Å². The van der Waals surface area contributed by atoms with Crippen molar-refractivity contribution in [3.63, 3.8) is 0 Å². The third-order valence-corrected chi connectivity index (χ3v) is 5.44. The van der Waals surface area contributed by atoms with Gasteiger partial charge in [-0.05, 0) is 31.5 Å². The van der Waals surface area contributed by atoms with E-state index >= 15 is 0 Å². The van der Waals surface area contributed by atoms with E-state index in [2.05, 4.69) is 12.2 Å². The standard InChI is InChI=1S/C24H27N3O4/c1-5-10-17-20(23(28)31-6-2)21(15-11-9-14-19(29-3)22(15)30-4)27-18-13-8-7-12-16(18)25-24(27)26-17/h7-9,11-14,21H,5-6,10H2,1-4H3,(H,25,26)/t21-/m1/s1. The van der Waals surface area contributed by atoms with Crippen LogP contribution in [0.3, 0.4) is 0 Å². The molecule has 1 aliphatic heterocycles. The van der Waals surface area contributed by atoms with Crippen molar-refractivity contribution in [2.45, 2.75) is 32.7 Å². The van der Waals surface area contributed by atoms with E-state index in [1.165, 1.54) is 0 Å². The van der Waals surface area contributed by atoms with Crippen LogP contribution < -0.4 is 14.8 Å². The average molecular weight is 421 g/mol. The van der Waals surface area contributed by atoms with Gasteiger partial charge in [0.05, 0.1) is 43.5 Å². The lowest BCUT2D eigenvalue weighted by molar-refractivity contribution is -0.139. The van der Waals surface area contributed by atoms with Crippen LogP contribution in [0, 0.1) is 0 Å². The summed E-state index contributed by atoms with van der Waals surface area (Å²) in [6.45, 7) is 4.19. The van der Waals surface area contributed by atoms with Gasteiger partial charge in [0.25, 0.3) is 0 Å². The molecule has 0 saturated heterocycles. The number of ether oxygens (including phenoxy) is 3. The molecule has 1 aliphatic rings. The van der Waals surface area contributed by atoms with Crippen LogP contribution >= 0.6 is 0 Å². The largest absolute Gasteiger partial charge is 0.493 e. The maximum Gasteiger partial charge on any atom is 0.338 e. The van der Waals surface area contributed by atoms with E-state index in [0.717, 1.165) is 28.7 Å². The summed E-state index contributed by atoms with van der Waals surface area (Å²) < 4.78 is 18.8. The van der Waals surface area contributed by atoms with Crippen LogP contribution in [0.15, 0.2) is 53.7 Å². The van der Waals surface area contributed by atoms with Crippen molar-refractivity contribution in [2.75, 3.05) is 26.1 Å². The van der Waals surface area contributed by atoms with Gasteiger partial charge >= 0.3 is 5.97 Å². The molecule has 7 heteroatoms. The third-order valence-electron chi connectivity index (χ3n) is 5.44. The fourth-order valence-electron chi connectivity index (χ4n) is 4.20. The Morgan fingerprint density at radius 1 is 1.10 bits per heavy atom. The fourth-order valence-corrected chi connectivity index (χ4v) is 4.20. The number of methoxy groups -OCH3 is 2. The van der Waals surface area contributed by atoms with Crippen LogP contribution in [0.1, 0.15) is 38.3 Å². The van der Waals surface area contributed by atoms with Crippen LogP contribution in [0.25, 0.3) is 11.0 Å². The molecule has 1 aromatic heterocycles. The van der Waals surface area contributed by atoms with E-state index in [1.54, 1.807) is 14.2 Å². The maximum atomic E-state index is 13.3. The van der Waals surface area contributed by atoms with Gasteiger partial charge in [-0.2, -0.15) is 0 Å². The molecule has 1 atom stereocenters. The van der Waals surface area contributed by atoms with E-state index < -0.39 is 6.04 Å². The van der Waals surface area contributed by atoms with Gasteiger partial charge in [0.1, 0.15) is 0 Å². The number of esters is 1. The Balaban J connectivity index is 2.05. The summed E-state index contributed by atoms with van der Waals surface area (Å²) in [4.78, 5) is 18.1. The number of para-hydroxylation sites is 3. The number of benzene rings is 2. The number of nitrogens with zero attached hydrogens (tertiary/aromatic N) is 2. The minimum atomic E-state index is -0.478. The van der Waals surface area contributed by atoms with Gasteiger partial charge in [0.2, 0.25) is 5.95 Å². The molecule has 0 fully saturated rings. The summed E-state index contributed by atoms with van der Waals surface area (Å²) in [5.74, 6) is 1.52. The Bertz CT molecular complexity index is 1150. The summed E-state index contributed by atoms with van der Waals surface area (Å²) in [5.41, 5.74) is 3.95. The predicted octanol–water partition coefficient (Wildman–Crippen LogP) is 4.69. The molecule has 7 nitrogen and oxygen atoms in total. The van der Waals surface area contributed by atoms with Gasteiger partial charge in [0.15, 0.2) is 11.5 Å². The summed E-state index contributed by atoms with van der Waals surface area (Å²) in [5, 5.41) is 3.40. The lowest BCUT2D eigenvalue weighted by atomic mass is 9.92. The first-order chi connectivity index (χ1) is 15.1. The van der Waals surface area contributed by atoms with E-state index in [-0.39, 0.29) is 5.97 Å². The number of allylic oxidation sites excluding steroid dienone is 1. The van der Waals surface area contributed by atoms with Crippen molar-refractivity contribution in [1.82, 2.24) is 9.55 Å². The molecule has 0 aliphatic carbocycles. The monoisotopic (exact) mass is 421 g/mol. The van der Waals surface area contributed by atoms with Crippen molar-refractivity contribution >= 4 is 23.0 Å². The number of rotatable bonds is 7. The summed E-state index contributed by atoms with van der Waals surface area (Å²) in [6.07, 6.45) is 1.56. The molecule has 2 aromatic carbocycles. The molecule has 31 heavy (non-hydrogen) atoms. The van der Waals surface area contributed by atoms with Crippen LogP contribution in [0.5, 0.6) is 11.5 Å². The average Bonchev–Trinajstić information content (AvgIpc) is 3.16. The van der Waals surface area contributed by atoms with Crippen LogP contribution in [-0.4, -0.2) is 36.3 Å². The van der Waals surface area contributed by atoms with Crippen LogP contribution in [-0.2, 0) is 9.53 Å². The summed E-state index contributed by atoms with van der Waals surface area (Å²) in [7, 11) is 3.21. The number of anilines is 1. The number of carbonyl (C=O) groups is 1. The molecule has 4 rings (SSSR count). The zero-order valence-electron chi connectivity index (χ0n) is 18.3. The SMILES string of the molecule is CCCC1=C(C(=O)OCC)[C@@H](c2cccc(OC)c2OC)n2c(nc3ccccc32)N1. The Labute approximate surface area is 181 Å².